The summed E-state index contributed by atoms with van der Waals surface area (Å²) >= 11 is 0. The number of pyridine rings is 1. The van der Waals surface area contributed by atoms with Crippen molar-refractivity contribution in [3.05, 3.63) is 64.5 Å². The first-order valence-corrected chi connectivity index (χ1v) is 13.7. The Balaban J connectivity index is 1.21. The number of carbonyl (C=O) groups is 2. The van der Waals surface area contributed by atoms with Crippen LogP contribution in [-0.2, 0) is 18.3 Å². The van der Waals surface area contributed by atoms with E-state index in [1.807, 2.05) is 13.2 Å². The lowest BCUT2D eigenvalue weighted by atomic mass is 9.85. The molecule has 3 heterocycles. The zero-order valence-electron chi connectivity index (χ0n) is 21.7. The van der Waals surface area contributed by atoms with Gasteiger partial charge in [-0.1, -0.05) is 18.6 Å². The van der Waals surface area contributed by atoms with Gasteiger partial charge in [0.05, 0.1) is 11.6 Å². The first-order valence-electron chi connectivity index (χ1n) is 13.7. The molecule has 6 nitrogen and oxygen atoms in total. The van der Waals surface area contributed by atoms with E-state index in [2.05, 4.69) is 28.7 Å². The van der Waals surface area contributed by atoms with Crippen molar-refractivity contribution in [2.24, 2.45) is 24.8 Å². The summed E-state index contributed by atoms with van der Waals surface area (Å²) in [5.74, 6) is 2.47. The van der Waals surface area contributed by atoms with Crippen LogP contribution in [0.4, 0.5) is 0 Å². The molecule has 6 rings (SSSR count). The fourth-order valence-electron chi connectivity index (χ4n) is 7.29. The second-order valence-electron chi connectivity index (χ2n) is 11.5. The van der Waals surface area contributed by atoms with E-state index in [-0.39, 0.29) is 18.1 Å². The Labute approximate surface area is 218 Å². The molecule has 1 unspecified atom stereocenters. The number of aryl methyl sites for hydroxylation is 2. The number of hydrogen-bond donors (Lipinski definition) is 0. The monoisotopic (exact) mass is 494 g/mol. The van der Waals surface area contributed by atoms with E-state index < -0.39 is 0 Å². The SMILES string of the molecule is Cc1c(CC(=O)c2cccc(C#N)c2)cnc2c1c(C1CCN(C(=O)C3C[C@@H]4CC[C@H]3C4)CC1)cn2C. The van der Waals surface area contributed by atoms with Crippen LogP contribution >= 0.6 is 0 Å². The van der Waals surface area contributed by atoms with E-state index in [0.29, 0.717) is 28.9 Å². The van der Waals surface area contributed by atoms with Gasteiger partial charge in [0, 0.05) is 55.8 Å². The van der Waals surface area contributed by atoms with Gasteiger partial charge in [-0.05, 0) is 85.6 Å². The van der Waals surface area contributed by atoms with Gasteiger partial charge in [-0.25, -0.2) is 4.98 Å². The van der Waals surface area contributed by atoms with Crippen LogP contribution in [0, 0.1) is 36.0 Å². The molecule has 1 saturated heterocycles. The number of ketones is 1. The molecular weight excluding hydrogens is 460 g/mol. The van der Waals surface area contributed by atoms with Crippen molar-refractivity contribution in [3.63, 3.8) is 0 Å². The first kappa shape index (κ1) is 23.9. The minimum atomic E-state index is -0.00809. The van der Waals surface area contributed by atoms with Gasteiger partial charge in [-0.3, -0.25) is 9.59 Å². The maximum atomic E-state index is 13.3. The highest BCUT2D eigenvalue weighted by atomic mass is 16.2. The molecule has 2 aliphatic carbocycles. The molecule has 3 fully saturated rings. The van der Waals surface area contributed by atoms with Crippen LogP contribution in [0.1, 0.15) is 77.1 Å². The maximum Gasteiger partial charge on any atom is 0.225 e. The summed E-state index contributed by atoms with van der Waals surface area (Å²) in [6.07, 6.45) is 11.2. The lowest BCUT2D eigenvalue weighted by molar-refractivity contribution is -0.138. The predicted octanol–water partition coefficient (Wildman–Crippen LogP) is 5.32. The number of aromatic nitrogens is 2. The summed E-state index contributed by atoms with van der Waals surface area (Å²) in [7, 11) is 2.03. The third-order valence-corrected chi connectivity index (χ3v) is 9.34. The molecule has 37 heavy (non-hydrogen) atoms. The molecule has 3 atom stereocenters. The third-order valence-electron chi connectivity index (χ3n) is 9.34. The highest BCUT2D eigenvalue weighted by Gasteiger charge is 2.44. The second-order valence-corrected chi connectivity index (χ2v) is 11.5. The quantitative estimate of drug-likeness (QED) is 0.450. The van der Waals surface area contributed by atoms with Gasteiger partial charge in [0.2, 0.25) is 5.91 Å². The molecule has 6 heteroatoms. The second kappa shape index (κ2) is 9.45. The zero-order valence-corrected chi connectivity index (χ0v) is 21.7. The summed E-state index contributed by atoms with van der Waals surface area (Å²) in [4.78, 5) is 33.2. The highest BCUT2D eigenvalue weighted by molar-refractivity contribution is 5.98. The Morgan fingerprint density at radius 2 is 1.95 bits per heavy atom. The molecule has 3 aromatic rings. The Hall–Kier alpha value is -3.46. The van der Waals surface area contributed by atoms with E-state index >= 15 is 0 Å². The molecule has 2 aromatic heterocycles. The average Bonchev–Trinajstić information content (AvgIpc) is 3.65. The Morgan fingerprint density at radius 3 is 2.65 bits per heavy atom. The van der Waals surface area contributed by atoms with Gasteiger partial charge >= 0.3 is 0 Å². The molecule has 1 aliphatic heterocycles. The van der Waals surface area contributed by atoms with Crippen LogP contribution in [0.3, 0.4) is 0 Å². The number of Topliss-reactive ketones (excluding diaryl/α,β-unsaturated/α-hetero) is 1. The van der Waals surface area contributed by atoms with Gasteiger partial charge in [0.1, 0.15) is 5.65 Å². The molecule has 2 bridgehead atoms. The number of carbonyl (C=O) groups excluding carboxylic acids is 2. The minimum absolute atomic E-state index is 0.00809. The molecule has 1 aromatic carbocycles. The number of hydrogen-bond acceptors (Lipinski definition) is 4. The van der Waals surface area contributed by atoms with Crippen molar-refractivity contribution in [1.82, 2.24) is 14.5 Å². The fraction of sp³-hybridized carbons (Fsp3) is 0.484. The van der Waals surface area contributed by atoms with Crippen LogP contribution in [0.2, 0.25) is 0 Å². The number of nitriles is 1. The van der Waals surface area contributed by atoms with Crippen molar-refractivity contribution in [1.29, 1.82) is 5.26 Å². The van der Waals surface area contributed by atoms with Crippen LogP contribution in [0.25, 0.3) is 11.0 Å². The van der Waals surface area contributed by atoms with E-state index in [1.54, 1.807) is 24.3 Å². The smallest absolute Gasteiger partial charge is 0.225 e. The molecule has 0 N–H and O–H groups in total. The standard InChI is InChI=1S/C31H34N4O2/c1-19-25(15-28(36)24-5-3-4-21(13-24)16-32)17-33-30-29(19)27(18-34(30)2)22-8-10-35(11-9-22)31(37)26-14-20-6-7-23(26)12-20/h3-5,13,17-18,20,22-23,26H,6-12,14-15H2,1-2H3/t20-,23+,26?/m1/s1. The number of amides is 1. The zero-order chi connectivity index (χ0) is 25.7. The third kappa shape index (κ3) is 4.25. The van der Waals surface area contributed by atoms with E-state index in [9.17, 15) is 14.9 Å². The van der Waals surface area contributed by atoms with E-state index in [1.165, 1.54) is 24.8 Å². The summed E-state index contributed by atoms with van der Waals surface area (Å²) < 4.78 is 2.09. The van der Waals surface area contributed by atoms with Crippen LogP contribution in [-0.4, -0.2) is 39.2 Å². The van der Waals surface area contributed by atoms with Crippen LogP contribution in [0.15, 0.2) is 36.7 Å². The summed E-state index contributed by atoms with van der Waals surface area (Å²) in [6, 6.07) is 9.00. The van der Waals surface area contributed by atoms with Gasteiger partial charge in [-0.2, -0.15) is 5.26 Å². The van der Waals surface area contributed by atoms with Gasteiger partial charge < -0.3 is 9.47 Å². The fourth-order valence-corrected chi connectivity index (χ4v) is 7.29. The molecular formula is C31H34N4O2. The Morgan fingerprint density at radius 1 is 1.14 bits per heavy atom. The van der Waals surface area contributed by atoms with Crippen LogP contribution in [0.5, 0.6) is 0 Å². The number of rotatable bonds is 5. The lowest BCUT2D eigenvalue weighted by Gasteiger charge is -2.35. The molecule has 0 spiro atoms. The minimum Gasteiger partial charge on any atom is -0.342 e. The summed E-state index contributed by atoms with van der Waals surface area (Å²) in [5, 5.41) is 10.3. The summed E-state index contributed by atoms with van der Waals surface area (Å²) in [6.45, 7) is 3.75. The maximum absolute atomic E-state index is 13.3. The lowest BCUT2D eigenvalue weighted by Crippen LogP contribution is -2.42. The molecule has 190 valence electrons. The first-order chi connectivity index (χ1) is 17.9. The van der Waals surface area contributed by atoms with Gasteiger partial charge in [0.15, 0.2) is 5.78 Å². The number of piperidine rings is 1. The largest absolute Gasteiger partial charge is 0.342 e. The highest BCUT2D eigenvalue weighted by Crippen LogP contribution is 2.49. The molecule has 3 aliphatic rings. The Kier molecular flexibility index (Phi) is 6.10. The molecule has 1 amide bonds. The van der Waals surface area contributed by atoms with Gasteiger partial charge in [0.25, 0.3) is 0 Å². The van der Waals surface area contributed by atoms with Crippen molar-refractivity contribution in [2.75, 3.05) is 13.1 Å². The number of likely N-dealkylation sites (tertiary alicyclic amines) is 1. The number of fused-ring (bicyclic) bond motifs is 3. The van der Waals surface area contributed by atoms with Crippen molar-refractivity contribution < 1.29 is 9.59 Å². The van der Waals surface area contributed by atoms with Crippen LogP contribution < -0.4 is 0 Å². The molecule has 2 saturated carbocycles. The number of nitrogens with zero attached hydrogens (tertiary/aromatic N) is 4. The topological polar surface area (TPSA) is 79.0 Å². The van der Waals surface area contributed by atoms with Crippen molar-refractivity contribution in [2.45, 2.75) is 57.8 Å². The van der Waals surface area contributed by atoms with Crippen molar-refractivity contribution in [3.8, 4) is 6.07 Å². The molecule has 0 radical (unpaired) electrons. The van der Waals surface area contributed by atoms with E-state index in [4.69, 9.17) is 4.98 Å². The van der Waals surface area contributed by atoms with E-state index in [0.717, 1.165) is 60.4 Å². The average molecular weight is 495 g/mol. The van der Waals surface area contributed by atoms with Gasteiger partial charge in [-0.15, -0.1) is 0 Å². The predicted molar refractivity (Wildman–Crippen MR) is 142 cm³/mol. The normalized spacial score (nSPS) is 23.5. The number of benzene rings is 1. The van der Waals surface area contributed by atoms with Crippen molar-refractivity contribution >= 4 is 22.7 Å². The summed E-state index contributed by atoms with van der Waals surface area (Å²) in [5.41, 5.74) is 5.30. The Bertz CT molecular complexity index is 1420.